The molecule has 5 nitrogen and oxygen atoms in total. The number of aliphatic hydroxyl groups excluding tert-OH is 1. The second-order valence-corrected chi connectivity index (χ2v) is 7.22. The number of rotatable bonds is 3. The number of nitrogens with one attached hydrogen (secondary N) is 1. The Hall–Kier alpha value is -0.170. The van der Waals surface area contributed by atoms with Crippen molar-refractivity contribution in [3.05, 3.63) is 0 Å². The summed E-state index contributed by atoms with van der Waals surface area (Å²) >= 11 is 0. The van der Waals surface area contributed by atoms with Gasteiger partial charge in [-0.05, 0) is 12.8 Å². The SMILES string of the molecule is O=S1(=O)CC(O)C(NCC2(O)CCCC2)C1. The van der Waals surface area contributed by atoms with E-state index in [4.69, 9.17) is 0 Å². The van der Waals surface area contributed by atoms with E-state index in [2.05, 4.69) is 5.32 Å². The number of hydrogen-bond donors (Lipinski definition) is 3. The zero-order valence-corrected chi connectivity index (χ0v) is 10.0. The van der Waals surface area contributed by atoms with Gasteiger partial charge in [0.15, 0.2) is 9.84 Å². The molecule has 1 aliphatic heterocycles. The zero-order valence-electron chi connectivity index (χ0n) is 9.22. The smallest absolute Gasteiger partial charge is 0.154 e. The molecule has 1 saturated heterocycles. The summed E-state index contributed by atoms with van der Waals surface area (Å²) < 4.78 is 22.5. The van der Waals surface area contributed by atoms with E-state index in [0.717, 1.165) is 25.7 Å². The van der Waals surface area contributed by atoms with Crippen molar-refractivity contribution in [3.8, 4) is 0 Å². The molecule has 94 valence electrons. The Balaban J connectivity index is 1.87. The van der Waals surface area contributed by atoms with Crippen molar-refractivity contribution >= 4 is 9.84 Å². The summed E-state index contributed by atoms with van der Waals surface area (Å²) in [6.07, 6.45) is 2.72. The Morgan fingerprint density at radius 2 is 1.88 bits per heavy atom. The normalized spacial score (nSPS) is 36.6. The molecule has 0 bridgehead atoms. The van der Waals surface area contributed by atoms with Gasteiger partial charge >= 0.3 is 0 Å². The van der Waals surface area contributed by atoms with Crippen molar-refractivity contribution in [3.63, 3.8) is 0 Å². The summed E-state index contributed by atoms with van der Waals surface area (Å²) in [4.78, 5) is 0. The van der Waals surface area contributed by atoms with Gasteiger partial charge in [-0.15, -0.1) is 0 Å². The van der Waals surface area contributed by atoms with Crippen molar-refractivity contribution in [2.75, 3.05) is 18.1 Å². The van der Waals surface area contributed by atoms with E-state index in [-0.39, 0.29) is 11.5 Å². The van der Waals surface area contributed by atoms with Crippen LogP contribution in [0.25, 0.3) is 0 Å². The van der Waals surface area contributed by atoms with E-state index in [1.807, 2.05) is 0 Å². The van der Waals surface area contributed by atoms with E-state index < -0.39 is 27.6 Å². The molecule has 6 heteroatoms. The topological polar surface area (TPSA) is 86.6 Å². The minimum Gasteiger partial charge on any atom is -0.390 e. The van der Waals surface area contributed by atoms with Gasteiger partial charge in [0.25, 0.3) is 0 Å². The molecule has 16 heavy (non-hydrogen) atoms. The minimum absolute atomic E-state index is 0.0236. The van der Waals surface area contributed by atoms with E-state index in [9.17, 15) is 18.6 Å². The van der Waals surface area contributed by atoms with Gasteiger partial charge in [-0.1, -0.05) is 12.8 Å². The van der Waals surface area contributed by atoms with Crippen LogP contribution < -0.4 is 5.32 Å². The molecular weight excluding hydrogens is 230 g/mol. The maximum absolute atomic E-state index is 11.3. The first-order valence-electron chi connectivity index (χ1n) is 5.75. The van der Waals surface area contributed by atoms with Crippen molar-refractivity contribution in [1.82, 2.24) is 5.32 Å². The Morgan fingerprint density at radius 3 is 2.38 bits per heavy atom. The lowest BCUT2D eigenvalue weighted by Gasteiger charge is -2.25. The fourth-order valence-corrected chi connectivity index (χ4v) is 4.33. The van der Waals surface area contributed by atoms with Crippen LogP contribution in [0, 0.1) is 0 Å². The summed E-state index contributed by atoms with van der Waals surface area (Å²) in [6, 6.07) is -0.422. The summed E-state index contributed by atoms with van der Waals surface area (Å²) in [7, 11) is -3.10. The first-order chi connectivity index (χ1) is 7.40. The first kappa shape index (κ1) is 12.3. The molecule has 3 N–H and O–H groups in total. The lowest BCUT2D eigenvalue weighted by molar-refractivity contribution is 0.0400. The Bertz CT molecular complexity index is 348. The first-order valence-corrected chi connectivity index (χ1v) is 7.57. The third-order valence-corrected chi connectivity index (χ3v) is 5.27. The molecular formula is C10H19NO4S. The quantitative estimate of drug-likeness (QED) is 0.600. The largest absolute Gasteiger partial charge is 0.390 e. The monoisotopic (exact) mass is 249 g/mol. The number of sulfone groups is 1. The molecule has 0 radical (unpaired) electrons. The molecule has 0 aromatic heterocycles. The molecule has 2 unspecified atom stereocenters. The van der Waals surface area contributed by atoms with Gasteiger partial charge in [-0.25, -0.2) is 8.42 Å². The van der Waals surface area contributed by atoms with Gasteiger partial charge < -0.3 is 15.5 Å². The molecule has 2 rings (SSSR count). The van der Waals surface area contributed by atoms with Crippen LogP contribution >= 0.6 is 0 Å². The third-order valence-electron chi connectivity index (χ3n) is 3.55. The van der Waals surface area contributed by atoms with Gasteiger partial charge in [0, 0.05) is 12.6 Å². The number of hydrogen-bond acceptors (Lipinski definition) is 5. The van der Waals surface area contributed by atoms with Gasteiger partial charge in [-0.3, -0.25) is 0 Å². The third kappa shape index (κ3) is 2.74. The van der Waals surface area contributed by atoms with Crippen LogP contribution in [-0.4, -0.2) is 54.4 Å². The lowest BCUT2D eigenvalue weighted by Crippen LogP contribution is -2.47. The highest BCUT2D eigenvalue weighted by Crippen LogP contribution is 2.29. The van der Waals surface area contributed by atoms with Crippen molar-refractivity contribution < 1.29 is 18.6 Å². The van der Waals surface area contributed by atoms with Crippen molar-refractivity contribution in [2.45, 2.75) is 43.4 Å². The predicted octanol–water partition coefficient (Wildman–Crippen LogP) is -0.961. The summed E-state index contributed by atoms with van der Waals surface area (Å²) in [5, 5.41) is 22.6. The summed E-state index contributed by atoms with van der Waals surface area (Å²) in [5.41, 5.74) is -0.702. The highest BCUT2D eigenvalue weighted by molar-refractivity contribution is 7.91. The molecule has 0 spiro atoms. The van der Waals surface area contributed by atoms with Gasteiger partial charge in [-0.2, -0.15) is 0 Å². The maximum atomic E-state index is 11.3. The molecule has 2 fully saturated rings. The molecule has 0 amide bonds. The zero-order chi connectivity index (χ0) is 11.8. The van der Waals surface area contributed by atoms with Crippen LogP contribution in [0.3, 0.4) is 0 Å². The van der Waals surface area contributed by atoms with Crippen LogP contribution in [0.4, 0.5) is 0 Å². The molecule has 2 aliphatic rings. The van der Waals surface area contributed by atoms with Crippen LogP contribution in [0.1, 0.15) is 25.7 Å². The van der Waals surface area contributed by atoms with E-state index >= 15 is 0 Å². The molecule has 0 aromatic carbocycles. The van der Waals surface area contributed by atoms with Gasteiger partial charge in [0.1, 0.15) is 0 Å². The van der Waals surface area contributed by atoms with Crippen LogP contribution in [0.15, 0.2) is 0 Å². The Labute approximate surface area is 95.8 Å². The number of aliphatic hydroxyl groups is 2. The highest BCUT2D eigenvalue weighted by Gasteiger charge is 2.38. The van der Waals surface area contributed by atoms with Crippen LogP contribution in [0.2, 0.25) is 0 Å². The minimum atomic E-state index is -3.10. The van der Waals surface area contributed by atoms with Crippen LogP contribution in [0.5, 0.6) is 0 Å². The van der Waals surface area contributed by atoms with E-state index in [1.165, 1.54) is 0 Å². The second-order valence-electron chi connectivity index (χ2n) is 5.06. The maximum Gasteiger partial charge on any atom is 0.154 e. The Kier molecular flexibility index (Phi) is 3.27. The second kappa shape index (κ2) is 4.25. The van der Waals surface area contributed by atoms with E-state index in [0.29, 0.717) is 6.54 Å². The van der Waals surface area contributed by atoms with E-state index in [1.54, 1.807) is 0 Å². The molecule has 0 aromatic rings. The molecule has 1 heterocycles. The molecule has 2 atom stereocenters. The highest BCUT2D eigenvalue weighted by atomic mass is 32.2. The standard InChI is InChI=1S/C10H19NO4S/c12-9-6-16(14,15)5-8(9)11-7-10(13)3-1-2-4-10/h8-9,11-13H,1-7H2. The average molecular weight is 249 g/mol. The van der Waals surface area contributed by atoms with Crippen molar-refractivity contribution in [1.29, 1.82) is 0 Å². The van der Waals surface area contributed by atoms with Gasteiger partial charge in [0.05, 0.1) is 23.2 Å². The molecule has 1 saturated carbocycles. The summed E-state index contributed by atoms with van der Waals surface area (Å²) in [5.74, 6) is -0.187. The average Bonchev–Trinajstić information content (AvgIpc) is 2.68. The summed E-state index contributed by atoms with van der Waals surface area (Å²) in [6.45, 7) is 0.379. The lowest BCUT2D eigenvalue weighted by atomic mass is 10.0. The van der Waals surface area contributed by atoms with Crippen LogP contribution in [-0.2, 0) is 9.84 Å². The predicted molar refractivity (Wildman–Crippen MR) is 59.9 cm³/mol. The molecule has 1 aliphatic carbocycles. The van der Waals surface area contributed by atoms with Crippen molar-refractivity contribution in [2.24, 2.45) is 0 Å². The Morgan fingerprint density at radius 1 is 1.25 bits per heavy atom. The van der Waals surface area contributed by atoms with Gasteiger partial charge in [0.2, 0.25) is 0 Å². The fraction of sp³-hybridized carbons (Fsp3) is 1.00. The fourth-order valence-electron chi connectivity index (χ4n) is 2.55.